The third kappa shape index (κ3) is 2.27. The first-order chi connectivity index (χ1) is 8.65. The van der Waals surface area contributed by atoms with E-state index in [1.54, 1.807) is 37.3 Å². The lowest BCUT2D eigenvalue weighted by Gasteiger charge is -2.12. The molecule has 3 heteroatoms. The molecule has 0 bridgehead atoms. The van der Waals surface area contributed by atoms with Gasteiger partial charge in [-0.3, -0.25) is 0 Å². The van der Waals surface area contributed by atoms with Crippen LogP contribution in [0.15, 0.2) is 42.5 Å². The topological polar surface area (TPSA) is 20.2 Å². The Hall–Kier alpha value is -1.74. The number of hydrogen-bond donors (Lipinski definition) is 1. The molecular weight excluding hydrogens is 234 g/mol. The molecule has 0 aliphatic rings. The lowest BCUT2D eigenvalue weighted by atomic mass is 9.96. The van der Waals surface area contributed by atoms with Crippen LogP contribution in [0.4, 0.5) is 8.78 Å². The van der Waals surface area contributed by atoms with E-state index in [4.69, 9.17) is 5.11 Å². The average molecular weight is 248 g/mol. The first-order valence-corrected chi connectivity index (χ1v) is 5.79. The summed E-state index contributed by atoms with van der Waals surface area (Å²) in [5, 5.41) is 9.00. The zero-order chi connectivity index (χ0) is 13.1. The van der Waals surface area contributed by atoms with Crippen molar-refractivity contribution in [2.24, 2.45) is 0 Å². The fourth-order valence-corrected chi connectivity index (χ4v) is 1.88. The molecule has 0 fully saturated rings. The molecule has 2 aromatic rings. The van der Waals surface area contributed by atoms with Gasteiger partial charge in [-0.25, -0.2) is 8.78 Å². The first kappa shape index (κ1) is 12.7. The second-order valence-electron chi connectivity index (χ2n) is 4.28. The summed E-state index contributed by atoms with van der Waals surface area (Å²) in [6.45, 7) is 1.45. The molecule has 18 heavy (non-hydrogen) atoms. The number of aliphatic hydroxyl groups excluding tert-OH is 1. The van der Waals surface area contributed by atoms with E-state index in [9.17, 15) is 8.78 Å². The van der Waals surface area contributed by atoms with Gasteiger partial charge in [0, 0.05) is 18.1 Å². The van der Waals surface area contributed by atoms with Gasteiger partial charge in [-0.15, -0.1) is 0 Å². The molecule has 0 aliphatic carbocycles. The SMILES string of the molecule is CC(CO)c1ccc(-c2ccccc2)c(F)c1F. The van der Waals surface area contributed by atoms with Crippen molar-refractivity contribution in [3.8, 4) is 11.1 Å². The van der Waals surface area contributed by atoms with E-state index < -0.39 is 17.6 Å². The lowest BCUT2D eigenvalue weighted by Crippen LogP contribution is -2.04. The van der Waals surface area contributed by atoms with Gasteiger partial charge >= 0.3 is 0 Å². The van der Waals surface area contributed by atoms with Crippen molar-refractivity contribution in [1.29, 1.82) is 0 Å². The van der Waals surface area contributed by atoms with Crippen molar-refractivity contribution in [3.63, 3.8) is 0 Å². The maximum atomic E-state index is 14.0. The van der Waals surface area contributed by atoms with Crippen molar-refractivity contribution in [1.82, 2.24) is 0 Å². The Kier molecular flexibility index (Phi) is 3.72. The molecule has 1 N–H and O–H groups in total. The van der Waals surface area contributed by atoms with Crippen molar-refractivity contribution in [2.75, 3.05) is 6.61 Å². The van der Waals surface area contributed by atoms with Gasteiger partial charge in [0.1, 0.15) is 0 Å². The monoisotopic (exact) mass is 248 g/mol. The smallest absolute Gasteiger partial charge is 0.166 e. The van der Waals surface area contributed by atoms with E-state index in [0.29, 0.717) is 5.56 Å². The fraction of sp³-hybridized carbons (Fsp3) is 0.200. The van der Waals surface area contributed by atoms with Crippen molar-refractivity contribution >= 4 is 0 Å². The van der Waals surface area contributed by atoms with Gasteiger partial charge in [-0.05, 0) is 11.1 Å². The largest absolute Gasteiger partial charge is 0.396 e. The standard InChI is InChI=1S/C15H14F2O/c1-10(9-18)12-7-8-13(15(17)14(12)16)11-5-3-2-4-6-11/h2-8,10,18H,9H2,1H3. The molecule has 0 saturated carbocycles. The zero-order valence-electron chi connectivity index (χ0n) is 10.0. The van der Waals surface area contributed by atoms with Gasteiger partial charge < -0.3 is 5.11 Å². The summed E-state index contributed by atoms with van der Waals surface area (Å²) in [6.07, 6.45) is 0. The maximum absolute atomic E-state index is 14.0. The van der Waals surface area contributed by atoms with E-state index >= 15 is 0 Å². The molecule has 2 rings (SSSR count). The number of benzene rings is 2. The molecule has 1 nitrogen and oxygen atoms in total. The summed E-state index contributed by atoms with van der Waals surface area (Å²) >= 11 is 0. The van der Waals surface area contributed by atoms with Crippen LogP contribution in [0, 0.1) is 11.6 Å². The van der Waals surface area contributed by atoms with E-state index in [1.165, 1.54) is 6.07 Å². The Bertz CT molecular complexity index is 538. The minimum Gasteiger partial charge on any atom is -0.396 e. The van der Waals surface area contributed by atoms with Crippen LogP contribution in [-0.4, -0.2) is 11.7 Å². The Morgan fingerprint density at radius 1 is 1.00 bits per heavy atom. The molecule has 0 spiro atoms. The van der Waals surface area contributed by atoms with E-state index in [0.717, 1.165) is 0 Å². The normalized spacial score (nSPS) is 12.4. The summed E-state index contributed by atoms with van der Waals surface area (Å²) < 4.78 is 27.9. The summed E-state index contributed by atoms with van der Waals surface area (Å²) in [7, 11) is 0. The van der Waals surface area contributed by atoms with Crippen LogP contribution in [-0.2, 0) is 0 Å². The van der Waals surface area contributed by atoms with Gasteiger partial charge in [0.25, 0.3) is 0 Å². The predicted molar refractivity (Wildman–Crippen MR) is 67.3 cm³/mol. The Morgan fingerprint density at radius 2 is 1.67 bits per heavy atom. The van der Waals surface area contributed by atoms with Crippen molar-refractivity contribution in [3.05, 3.63) is 59.7 Å². The van der Waals surface area contributed by atoms with E-state index in [-0.39, 0.29) is 17.7 Å². The highest BCUT2D eigenvalue weighted by atomic mass is 19.2. The molecule has 0 heterocycles. The Labute approximate surface area is 105 Å². The van der Waals surface area contributed by atoms with Gasteiger partial charge in [0.2, 0.25) is 0 Å². The molecule has 94 valence electrons. The van der Waals surface area contributed by atoms with Crippen molar-refractivity contribution in [2.45, 2.75) is 12.8 Å². The van der Waals surface area contributed by atoms with Crippen LogP contribution in [0.3, 0.4) is 0 Å². The highest BCUT2D eigenvalue weighted by Gasteiger charge is 2.17. The summed E-state index contributed by atoms with van der Waals surface area (Å²) in [5.74, 6) is -2.15. The van der Waals surface area contributed by atoms with Gasteiger partial charge in [0.05, 0.1) is 0 Å². The number of rotatable bonds is 3. The fourth-order valence-electron chi connectivity index (χ4n) is 1.88. The number of halogens is 2. The molecule has 0 aliphatic heterocycles. The number of hydrogen-bond acceptors (Lipinski definition) is 1. The lowest BCUT2D eigenvalue weighted by molar-refractivity contribution is 0.269. The molecular formula is C15H14F2O. The van der Waals surface area contributed by atoms with Crippen LogP contribution < -0.4 is 0 Å². The molecule has 2 aromatic carbocycles. The van der Waals surface area contributed by atoms with Crippen LogP contribution in [0.2, 0.25) is 0 Å². The van der Waals surface area contributed by atoms with E-state index in [1.807, 2.05) is 6.07 Å². The zero-order valence-corrected chi connectivity index (χ0v) is 10.0. The van der Waals surface area contributed by atoms with Crippen LogP contribution in [0.25, 0.3) is 11.1 Å². The molecule has 1 atom stereocenters. The van der Waals surface area contributed by atoms with Gasteiger partial charge in [0.15, 0.2) is 11.6 Å². The predicted octanol–water partition coefficient (Wildman–Crippen LogP) is 3.73. The van der Waals surface area contributed by atoms with E-state index in [2.05, 4.69) is 0 Å². The molecule has 0 aromatic heterocycles. The minimum absolute atomic E-state index is 0.203. The van der Waals surface area contributed by atoms with Crippen LogP contribution in [0.1, 0.15) is 18.4 Å². The Balaban J connectivity index is 2.51. The minimum atomic E-state index is -0.877. The molecule has 0 radical (unpaired) electrons. The first-order valence-electron chi connectivity index (χ1n) is 5.79. The average Bonchev–Trinajstić information content (AvgIpc) is 2.42. The second kappa shape index (κ2) is 5.27. The van der Waals surface area contributed by atoms with Gasteiger partial charge in [-0.2, -0.15) is 0 Å². The van der Waals surface area contributed by atoms with Gasteiger partial charge in [-0.1, -0.05) is 49.4 Å². The third-order valence-electron chi connectivity index (χ3n) is 3.00. The molecule has 1 unspecified atom stereocenters. The Morgan fingerprint density at radius 3 is 2.28 bits per heavy atom. The van der Waals surface area contributed by atoms with Crippen LogP contribution >= 0.6 is 0 Å². The third-order valence-corrected chi connectivity index (χ3v) is 3.00. The molecule has 0 amide bonds. The summed E-state index contributed by atoms with van der Waals surface area (Å²) in [4.78, 5) is 0. The summed E-state index contributed by atoms with van der Waals surface area (Å²) in [5.41, 5.74) is 1.08. The van der Waals surface area contributed by atoms with Crippen molar-refractivity contribution < 1.29 is 13.9 Å². The second-order valence-corrected chi connectivity index (χ2v) is 4.28. The highest BCUT2D eigenvalue weighted by molar-refractivity contribution is 5.64. The molecule has 0 saturated heterocycles. The summed E-state index contributed by atoms with van der Waals surface area (Å²) in [6, 6.07) is 11.9. The highest BCUT2D eigenvalue weighted by Crippen LogP contribution is 2.29. The quantitative estimate of drug-likeness (QED) is 0.877. The van der Waals surface area contributed by atoms with Crippen LogP contribution in [0.5, 0.6) is 0 Å². The maximum Gasteiger partial charge on any atom is 0.166 e. The number of aliphatic hydroxyl groups is 1.